The molecule has 4 unspecified atom stereocenters. The van der Waals surface area contributed by atoms with E-state index in [0.717, 1.165) is 0 Å². The minimum absolute atomic E-state index is 0.0206. The number of fused-ring (bicyclic) bond motifs is 4. The molecule has 0 radical (unpaired) electrons. The number of nitrogens with two attached hydrogens (primary N) is 2. The lowest BCUT2D eigenvalue weighted by molar-refractivity contribution is -0.0541. The number of anilines is 2. The van der Waals surface area contributed by atoms with Gasteiger partial charge in [0.05, 0.1) is 31.9 Å². The van der Waals surface area contributed by atoms with E-state index in [-0.39, 0.29) is 35.6 Å². The third-order valence-corrected chi connectivity index (χ3v) is 9.69. The van der Waals surface area contributed by atoms with Crippen molar-refractivity contribution in [2.75, 3.05) is 24.7 Å². The van der Waals surface area contributed by atoms with Gasteiger partial charge in [-0.25, -0.2) is 43.4 Å². The van der Waals surface area contributed by atoms with Crippen LogP contribution in [0.15, 0.2) is 25.3 Å². The van der Waals surface area contributed by atoms with Crippen LogP contribution in [-0.4, -0.2) is 86.5 Å². The van der Waals surface area contributed by atoms with Gasteiger partial charge in [-0.3, -0.25) is 22.7 Å². The second-order valence-electron chi connectivity index (χ2n) is 10.3. The van der Waals surface area contributed by atoms with Gasteiger partial charge in [-0.2, -0.15) is 0 Å². The second kappa shape index (κ2) is 10.5. The summed E-state index contributed by atoms with van der Waals surface area (Å²) in [7, 11) is -9.67. The smallest absolute Gasteiger partial charge is 0.382 e. The van der Waals surface area contributed by atoms with E-state index in [9.17, 15) is 18.9 Å². The van der Waals surface area contributed by atoms with Crippen molar-refractivity contribution >= 4 is 49.6 Å². The predicted octanol–water partition coefficient (Wildman–Crippen LogP) is 1.04. The molecule has 0 amide bonds. The number of nitrogen functional groups attached to an aromatic ring is 2. The van der Waals surface area contributed by atoms with Gasteiger partial charge in [0.1, 0.15) is 54.4 Å². The number of halogens is 1. The number of phosphoric acid groups is 2. The van der Waals surface area contributed by atoms with Crippen molar-refractivity contribution in [3.05, 3.63) is 25.3 Å². The zero-order valence-corrected chi connectivity index (χ0v) is 23.7. The molecule has 4 aromatic rings. The minimum atomic E-state index is -4.90. The summed E-state index contributed by atoms with van der Waals surface area (Å²) in [5.41, 5.74) is 12.8. The Hall–Kier alpha value is -3.19. The van der Waals surface area contributed by atoms with E-state index >= 15 is 4.39 Å². The first-order valence-electron chi connectivity index (χ1n) is 13.0. The summed E-state index contributed by atoms with van der Waals surface area (Å²) in [6.07, 6.45) is -1.54. The molecular formula is C21H25FN10O9P2. The van der Waals surface area contributed by atoms with Gasteiger partial charge in [-0.15, -0.1) is 0 Å². The minimum Gasteiger partial charge on any atom is -0.382 e. The molecule has 7 rings (SSSR count). The fraction of sp³-hybridized carbons (Fsp3) is 0.524. The van der Waals surface area contributed by atoms with Crippen LogP contribution in [0.25, 0.3) is 22.3 Å². The van der Waals surface area contributed by atoms with Crippen LogP contribution in [0.4, 0.5) is 16.0 Å². The molecule has 1 aliphatic carbocycles. The van der Waals surface area contributed by atoms with Gasteiger partial charge in [0, 0.05) is 12.3 Å². The van der Waals surface area contributed by atoms with Crippen molar-refractivity contribution in [2.45, 2.75) is 49.6 Å². The van der Waals surface area contributed by atoms with Gasteiger partial charge < -0.3 is 30.6 Å². The van der Waals surface area contributed by atoms with Gasteiger partial charge in [-0.05, 0) is 6.42 Å². The Labute approximate surface area is 240 Å². The predicted molar refractivity (Wildman–Crippen MR) is 141 cm³/mol. The normalized spacial score (nSPS) is 37.1. The van der Waals surface area contributed by atoms with Crippen LogP contribution in [0, 0.1) is 5.92 Å². The number of phosphoric ester groups is 2. The monoisotopic (exact) mass is 642 g/mol. The van der Waals surface area contributed by atoms with E-state index in [1.165, 1.54) is 34.4 Å². The Bertz CT molecular complexity index is 1790. The standard InChI is InChI=1S/C21H25FN10O9P2/c22-14-10(31-7-29-15-18(23)25-5-27-20(15)31)1-9-3-37-42(33,34)40-11-2-13(32-8-30-16-19(24)26-6-28-21(16)32)39-12(11)4-38-43(35,36)41-17(9)14/h5-14,17H,1-4H2,(H,33,34)(H,35,36)(H2,23,25,27)(H2,24,26,28)/t9-,10-,11?,12-,13-,14?,17+/m1/s1. The zero-order chi connectivity index (χ0) is 30.1. The maximum absolute atomic E-state index is 16.0. The van der Waals surface area contributed by atoms with Gasteiger partial charge >= 0.3 is 15.6 Å². The van der Waals surface area contributed by atoms with Crippen molar-refractivity contribution in [1.29, 1.82) is 0 Å². The van der Waals surface area contributed by atoms with Crippen molar-refractivity contribution < 1.29 is 46.1 Å². The largest absolute Gasteiger partial charge is 0.472 e. The molecule has 43 heavy (non-hydrogen) atoms. The fourth-order valence-electron chi connectivity index (χ4n) is 5.70. The maximum atomic E-state index is 16.0. The third-order valence-electron chi connectivity index (χ3n) is 7.69. The van der Waals surface area contributed by atoms with Crippen LogP contribution in [-0.2, 0) is 32.0 Å². The highest BCUT2D eigenvalue weighted by atomic mass is 31.2. The first-order chi connectivity index (χ1) is 20.5. The van der Waals surface area contributed by atoms with E-state index in [0.29, 0.717) is 11.2 Å². The lowest BCUT2D eigenvalue weighted by Crippen LogP contribution is -2.33. The lowest BCUT2D eigenvalue weighted by Gasteiger charge is -2.28. The molecule has 2 aliphatic heterocycles. The Kier molecular flexibility index (Phi) is 6.95. The fourth-order valence-corrected chi connectivity index (χ4v) is 7.69. The molecule has 4 aromatic heterocycles. The molecule has 3 fully saturated rings. The molecule has 230 valence electrons. The summed E-state index contributed by atoms with van der Waals surface area (Å²) in [4.78, 5) is 45.6. The number of hydrogen-bond donors (Lipinski definition) is 4. The summed E-state index contributed by atoms with van der Waals surface area (Å²) < 4.78 is 72.2. The van der Waals surface area contributed by atoms with E-state index in [1.54, 1.807) is 0 Å². The first-order valence-corrected chi connectivity index (χ1v) is 16.0. The highest BCUT2D eigenvalue weighted by Crippen LogP contribution is 2.55. The average molecular weight is 642 g/mol. The van der Waals surface area contributed by atoms with Gasteiger partial charge in [0.25, 0.3) is 0 Å². The molecule has 3 aliphatic rings. The Balaban J connectivity index is 1.15. The molecule has 19 nitrogen and oxygen atoms in total. The first kappa shape index (κ1) is 28.6. The maximum Gasteiger partial charge on any atom is 0.472 e. The number of nitrogens with zero attached hydrogens (tertiary/aromatic N) is 8. The van der Waals surface area contributed by atoms with Crippen LogP contribution >= 0.6 is 15.6 Å². The van der Waals surface area contributed by atoms with E-state index in [1.807, 2.05) is 0 Å². The molecule has 2 saturated heterocycles. The summed E-state index contributed by atoms with van der Waals surface area (Å²) in [5, 5.41) is 0. The molecule has 6 heterocycles. The number of rotatable bonds is 2. The average Bonchev–Trinajstić information content (AvgIpc) is 3.72. The van der Waals surface area contributed by atoms with Crippen molar-refractivity contribution in [2.24, 2.45) is 5.92 Å². The summed E-state index contributed by atoms with van der Waals surface area (Å²) in [5.74, 6) is -0.754. The molecular weight excluding hydrogens is 617 g/mol. The van der Waals surface area contributed by atoms with Gasteiger partial charge in [0.2, 0.25) is 0 Å². The summed E-state index contributed by atoms with van der Waals surface area (Å²) in [6.45, 7) is -1.16. The molecule has 0 bridgehead atoms. The van der Waals surface area contributed by atoms with Crippen LogP contribution in [0.2, 0.25) is 0 Å². The Morgan fingerprint density at radius 1 is 0.814 bits per heavy atom. The number of imidazole rings is 2. The van der Waals surface area contributed by atoms with E-state index < -0.39 is 71.5 Å². The molecule has 0 spiro atoms. The molecule has 22 heteroatoms. The number of aromatic nitrogens is 8. The van der Waals surface area contributed by atoms with Crippen molar-refractivity contribution in [1.82, 2.24) is 39.0 Å². The van der Waals surface area contributed by atoms with Gasteiger partial charge in [0.15, 0.2) is 22.9 Å². The molecule has 0 aromatic carbocycles. The zero-order valence-electron chi connectivity index (χ0n) is 21.9. The van der Waals surface area contributed by atoms with Crippen LogP contribution in [0.3, 0.4) is 0 Å². The topological polar surface area (TPSA) is 260 Å². The Morgan fingerprint density at radius 3 is 2.12 bits per heavy atom. The summed E-state index contributed by atoms with van der Waals surface area (Å²) in [6, 6.07) is -1.01. The second-order valence-corrected chi connectivity index (χ2v) is 13.1. The third kappa shape index (κ3) is 5.17. The number of ether oxygens (including phenoxy) is 1. The Morgan fingerprint density at radius 2 is 1.42 bits per heavy atom. The molecule has 6 N–H and O–H groups in total. The SMILES string of the molecule is Nc1ncnc2c1ncn2[C@@H]1C[C@@H]2COP(=O)(O)OC3C[C@H](n4cnc5c(N)ncnc54)O[C@@H]3COP(=O)(O)O[C@@H]2C1F. The number of alkyl halides is 1. The van der Waals surface area contributed by atoms with Crippen LogP contribution < -0.4 is 11.5 Å². The van der Waals surface area contributed by atoms with E-state index in [4.69, 9.17) is 34.3 Å². The summed E-state index contributed by atoms with van der Waals surface area (Å²) >= 11 is 0. The van der Waals surface area contributed by atoms with E-state index in [2.05, 4.69) is 29.9 Å². The lowest BCUT2D eigenvalue weighted by atomic mass is 10.1. The van der Waals surface area contributed by atoms with Gasteiger partial charge in [-0.1, -0.05) is 0 Å². The number of hydrogen-bond acceptors (Lipinski definition) is 15. The van der Waals surface area contributed by atoms with Crippen LogP contribution in [0.1, 0.15) is 25.1 Å². The quantitative estimate of drug-likeness (QED) is 0.223. The molecule has 1 saturated carbocycles. The highest BCUT2D eigenvalue weighted by molar-refractivity contribution is 7.47. The van der Waals surface area contributed by atoms with Crippen molar-refractivity contribution in [3.8, 4) is 0 Å². The van der Waals surface area contributed by atoms with Crippen molar-refractivity contribution in [3.63, 3.8) is 0 Å². The van der Waals surface area contributed by atoms with Crippen LogP contribution in [0.5, 0.6) is 0 Å². The molecule has 9 atom stereocenters. The highest BCUT2D eigenvalue weighted by Gasteiger charge is 2.51.